The lowest BCUT2D eigenvalue weighted by Gasteiger charge is -2.27. The Morgan fingerprint density at radius 2 is 1.69 bits per heavy atom. The molecule has 3 aromatic rings. The lowest BCUT2D eigenvalue weighted by molar-refractivity contribution is -0.132. The van der Waals surface area contributed by atoms with Gasteiger partial charge in [0.2, 0.25) is 0 Å². The molecule has 35 heavy (non-hydrogen) atoms. The van der Waals surface area contributed by atoms with Crippen molar-refractivity contribution in [1.29, 1.82) is 0 Å². The SMILES string of the molecule is CCOc1cccc(N2C(=O)C(=O)/C(=C(/O)c3cccc(Cl)c3)C2c2ccc(C(C)(C)C)cc2)c1. The average Bonchev–Trinajstić information content (AvgIpc) is 3.09. The second-order valence-corrected chi connectivity index (χ2v) is 9.92. The minimum absolute atomic E-state index is 0.0163. The van der Waals surface area contributed by atoms with Crippen molar-refractivity contribution in [2.75, 3.05) is 11.5 Å². The Hall–Kier alpha value is -3.57. The first-order valence-electron chi connectivity index (χ1n) is 11.5. The summed E-state index contributed by atoms with van der Waals surface area (Å²) in [6.45, 7) is 8.70. The number of aliphatic hydroxyl groups is 1. The van der Waals surface area contributed by atoms with Gasteiger partial charge < -0.3 is 9.84 Å². The van der Waals surface area contributed by atoms with E-state index in [1.807, 2.05) is 31.2 Å². The minimum atomic E-state index is -0.820. The number of Topliss-reactive ketones (excluding diaryl/α,β-unsaturated/α-hetero) is 1. The van der Waals surface area contributed by atoms with Crippen molar-refractivity contribution in [2.24, 2.45) is 0 Å². The first-order chi connectivity index (χ1) is 16.6. The van der Waals surface area contributed by atoms with Crippen LogP contribution < -0.4 is 9.64 Å². The molecule has 0 saturated carbocycles. The van der Waals surface area contributed by atoms with Crippen LogP contribution in [0.2, 0.25) is 5.02 Å². The first-order valence-corrected chi connectivity index (χ1v) is 11.9. The number of ether oxygens (including phenoxy) is 1. The van der Waals surface area contributed by atoms with Crippen molar-refractivity contribution in [3.05, 3.63) is 100 Å². The second-order valence-electron chi connectivity index (χ2n) is 9.48. The van der Waals surface area contributed by atoms with E-state index in [9.17, 15) is 14.7 Å². The highest BCUT2D eigenvalue weighted by molar-refractivity contribution is 6.51. The van der Waals surface area contributed by atoms with Crippen molar-refractivity contribution < 1.29 is 19.4 Å². The van der Waals surface area contributed by atoms with Gasteiger partial charge in [0.25, 0.3) is 11.7 Å². The molecule has 0 aliphatic carbocycles. The van der Waals surface area contributed by atoms with E-state index in [0.717, 1.165) is 5.56 Å². The molecule has 4 rings (SSSR count). The summed E-state index contributed by atoms with van der Waals surface area (Å²) in [7, 11) is 0. The van der Waals surface area contributed by atoms with Crippen LogP contribution in [-0.2, 0) is 15.0 Å². The van der Waals surface area contributed by atoms with Crippen LogP contribution in [0.15, 0.2) is 78.4 Å². The van der Waals surface area contributed by atoms with Crippen LogP contribution in [0.1, 0.15) is 50.4 Å². The summed E-state index contributed by atoms with van der Waals surface area (Å²) >= 11 is 6.14. The van der Waals surface area contributed by atoms with E-state index >= 15 is 0 Å². The van der Waals surface area contributed by atoms with Gasteiger partial charge in [-0.3, -0.25) is 14.5 Å². The number of aliphatic hydroxyl groups excluding tert-OH is 1. The highest BCUT2D eigenvalue weighted by Crippen LogP contribution is 2.43. The fourth-order valence-electron chi connectivity index (χ4n) is 4.26. The highest BCUT2D eigenvalue weighted by atomic mass is 35.5. The molecule has 0 bridgehead atoms. The Bertz CT molecular complexity index is 1300. The summed E-state index contributed by atoms with van der Waals surface area (Å²) in [5.41, 5.74) is 2.66. The quantitative estimate of drug-likeness (QED) is 0.247. The van der Waals surface area contributed by atoms with E-state index in [4.69, 9.17) is 16.3 Å². The minimum Gasteiger partial charge on any atom is -0.507 e. The molecule has 180 valence electrons. The summed E-state index contributed by atoms with van der Waals surface area (Å²) in [4.78, 5) is 28.1. The molecule has 0 radical (unpaired) electrons. The van der Waals surface area contributed by atoms with Crippen LogP contribution in [0.4, 0.5) is 5.69 Å². The van der Waals surface area contributed by atoms with Gasteiger partial charge >= 0.3 is 0 Å². The van der Waals surface area contributed by atoms with E-state index in [1.165, 1.54) is 4.90 Å². The lowest BCUT2D eigenvalue weighted by atomic mass is 9.85. The zero-order valence-corrected chi connectivity index (χ0v) is 21.0. The molecule has 1 aliphatic heterocycles. The molecule has 1 fully saturated rings. The molecular formula is C29H28ClNO4. The first kappa shape index (κ1) is 24.6. The zero-order chi connectivity index (χ0) is 25.3. The Kier molecular flexibility index (Phi) is 6.73. The van der Waals surface area contributed by atoms with Gasteiger partial charge in [-0.25, -0.2) is 0 Å². The van der Waals surface area contributed by atoms with Gasteiger partial charge in [-0.05, 0) is 47.7 Å². The molecule has 0 aromatic heterocycles. The number of hydrogen-bond acceptors (Lipinski definition) is 4. The summed E-state index contributed by atoms with van der Waals surface area (Å²) < 4.78 is 5.62. The summed E-state index contributed by atoms with van der Waals surface area (Å²) in [6, 6.07) is 20.6. The van der Waals surface area contributed by atoms with Crippen molar-refractivity contribution >= 4 is 34.7 Å². The van der Waals surface area contributed by atoms with E-state index in [1.54, 1.807) is 48.5 Å². The van der Waals surface area contributed by atoms with Gasteiger partial charge in [0, 0.05) is 22.3 Å². The summed E-state index contributed by atoms with van der Waals surface area (Å²) in [5, 5.41) is 11.7. The van der Waals surface area contributed by atoms with Crippen molar-refractivity contribution in [3.63, 3.8) is 0 Å². The fourth-order valence-corrected chi connectivity index (χ4v) is 4.45. The van der Waals surface area contributed by atoms with Crippen LogP contribution in [0.3, 0.4) is 0 Å². The lowest BCUT2D eigenvalue weighted by Crippen LogP contribution is -2.29. The monoisotopic (exact) mass is 489 g/mol. The molecule has 5 nitrogen and oxygen atoms in total. The molecule has 1 saturated heterocycles. The van der Waals surface area contributed by atoms with E-state index in [0.29, 0.717) is 34.2 Å². The molecule has 1 atom stereocenters. The number of ketones is 1. The van der Waals surface area contributed by atoms with Crippen LogP contribution in [0.5, 0.6) is 5.75 Å². The van der Waals surface area contributed by atoms with Gasteiger partial charge in [0.05, 0.1) is 18.2 Å². The summed E-state index contributed by atoms with van der Waals surface area (Å²) in [5.74, 6) is -1.15. The molecule has 1 amide bonds. The number of anilines is 1. The molecule has 1 heterocycles. The molecule has 1 unspecified atom stereocenters. The standard InChI is InChI=1S/C29H28ClNO4/c1-5-35-23-11-7-10-22(17-23)31-25(18-12-14-20(15-13-18)29(2,3)4)24(27(33)28(31)34)26(32)19-8-6-9-21(30)16-19/h6-17,25,32H,5H2,1-4H3/b26-24+. The fraction of sp³-hybridized carbons (Fsp3) is 0.241. The largest absolute Gasteiger partial charge is 0.507 e. The number of amides is 1. The number of carbonyl (C=O) groups is 2. The van der Waals surface area contributed by atoms with Crippen LogP contribution >= 0.6 is 11.6 Å². The number of halogens is 1. The smallest absolute Gasteiger partial charge is 0.300 e. The third kappa shape index (κ3) is 4.82. The Morgan fingerprint density at radius 1 is 1.00 bits per heavy atom. The third-order valence-electron chi connectivity index (χ3n) is 6.04. The predicted octanol–water partition coefficient (Wildman–Crippen LogP) is 6.66. The second kappa shape index (κ2) is 9.59. The Balaban J connectivity index is 1.92. The number of carbonyl (C=O) groups excluding carboxylic acids is 2. The maximum absolute atomic E-state index is 13.4. The highest BCUT2D eigenvalue weighted by Gasteiger charge is 2.47. The van der Waals surface area contributed by atoms with Crippen LogP contribution in [-0.4, -0.2) is 23.4 Å². The third-order valence-corrected chi connectivity index (χ3v) is 6.28. The number of hydrogen-bond donors (Lipinski definition) is 1. The van der Waals surface area contributed by atoms with Gasteiger partial charge in [0.15, 0.2) is 0 Å². The topological polar surface area (TPSA) is 66.8 Å². The summed E-state index contributed by atoms with van der Waals surface area (Å²) in [6.07, 6.45) is 0. The predicted molar refractivity (Wildman–Crippen MR) is 139 cm³/mol. The van der Waals surface area contributed by atoms with Gasteiger partial charge in [-0.15, -0.1) is 0 Å². The maximum Gasteiger partial charge on any atom is 0.300 e. The normalized spacial score (nSPS) is 17.6. The average molecular weight is 490 g/mol. The molecule has 3 aromatic carbocycles. The van der Waals surface area contributed by atoms with Gasteiger partial charge in [-0.2, -0.15) is 0 Å². The molecule has 1 aliphatic rings. The molecule has 1 N–H and O–H groups in total. The van der Waals surface area contributed by atoms with Crippen molar-refractivity contribution in [1.82, 2.24) is 0 Å². The van der Waals surface area contributed by atoms with Crippen molar-refractivity contribution in [2.45, 2.75) is 39.2 Å². The number of nitrogens with zero attached hydrogens (tertiary/aromatic N) is 1. The zero-order valence-electron chi connectivity index (χ0n) is 20.2. The van der Waals surface area contributed by atoms with Gasteiger partial charge in [-0.1, -0.05) is 74.8 Å². The van der Waals surface area contributed by atoms with E-state index in [-0.39, 0.29) is 16.7 Å². The van der Waals surface area contributed by atoms with Crippen LogP contribution in [0, 0.1) is 0 Å². The molecule has 6 heteroatoms. The van der Waals surface area contributed by atoms with E-state index < -0.39 is 17.7 Å². The van der Waals surface area contributed by atoms with Crippen molar-refractivity contribution in [3.8, 4) is 5.75 Å². The maximum atomic E-state index is 13.4. The van der Waals surface area contributed by atoms with Gasteiger partial charge in [0.1, 0.15) is 11.5 Å². The Morgan fingerprint density at radius 3 is 2.31 bits per heavy atom. The number of rotatable bonds is 5. The van der Waals surface area contributed by atoms with Crippen LogP contribution in [0.25, 0.3) is 5.76 Å². The van der Waals surface area contributed by atoms with E-state index in [2.05, 4.69) is 20.8 Å². The molecular weight excluding hydrogens is 462 g/mol. The molecule has 0 spiro atoms. The Labute approximate surface area is 210 Å². The number of benzene rings is 3.